The van der Waals surface area contributed by atoms with E-state index in [4.69, 9.17) is 0 Å². The quantitative estimate of drug-likeness (QED) is 0.734. The fourth-order valence-corrected chi connectivity index (χ4v) is 2.48. The van der Waals surface area contributed by atoms with Crippen molar-refractivity contribution in [2.45, 2.75) is 39.5 Å². The Hall–Kier alpha value is -0.740. The van der Waals surface area contributed by atoms with Crippen LogP contribution in [0.1, 0.15) is 37.1 Å². The Labute approximate surface area is 108 Å². The summed E-state index contributed by atoms with van der Waals surface area (Å²) in [5, 5.41) is 13.3. The number of thioether (sulfide) groups is 1. The number of hydrogen-bond acceptors (Lipinski definition) is 4. The molecule has 0 bridgehead atoms. The molecule has 1 heterocycles. The Morgan fingerprint density at radius 1 is 1.41 bits per heavy atom. The number of aromatic hydroxyl groups is 1. The van der Waals surface area contributed by atoms with Crippen molar-refractivity contribution in [1.29, 1.82) is 0 Å². The van der Waals surface area contributed by atoms with Crippen molar-refractivity contribution in [2.24, 2.45) is 0 Å². The third-order valence-electron chi connectivity index (χ3n) is 2.59. The molecule has 0 atom stereocenters. The second kappa shape index (κ2) is 7.56. The van der Waals surface area contributed by atoms with E-state index < -0.39 is 0 Å². The fraction of sp³-hybridized carbons (Fsp3) is 0.615. The average molecular weight is 254 g/mol. The zero-order valence-electron chi connectivity index (χ0n) is 10.9. The van der Waals surface area contributed by atoms with Gasteiger partial charge in [-0.3, -0.25) is 4.98 Å². The van der Waals surface area contributed by atoms with E-state index >= 15 is 0 Å². The summed E-state index contributed by atoms with van der Waals surface area (Å²) in [6, 6.07) is 0. The van der Waals surface area contributed by atoms with E-state index in [-0.39, 0.29) is 0 Å². The zero-order valence-corrected chi connectivity index (χ0v) is 11.7. The van der Waals surface area contributed by atoms with Gasteiger partial charge in [0.1, 0.15) is 5.75 Å². The molecule has 0 unspecified atom stereocenters. The molecule has 0 aliphatic rings. The molecule has 0 aromatic carbocycles. The standard InChI is InChI=1S/C13H22N2OS/c1-4-6-17-9-11-7-15-10(3)13(16)12(11)8-14-5-2/h7,14,16H,4-6,8-9H2,1-3H3. The van der Waals surface area contributed by atoms with Crippen LogP contribution in [-0.4, -0.2) is 22.4 Å². The van der Waals surface area contributed by atoms with Gasteiger partial charge in [0.15, 0.2) is 0 Å². The normalized spacial score (nSPS) is 10.8. The van der Waals surface area contributed by atoms with Gasteiger partial charge in [-0.25, -0.2) is 0 Å². The number of nitrogens with one attached hydrogen (secondary N) is 1. The lowest BCUT2D eigenvalue weighted by atomic mass is 10.1. The van der Waals surface area contributed by atoms with Crippen molar-refractivity contribution in [3.05, 3.63) is 23.0 Å². The highest BCUT2D eigenvalue weighted by atomic mass is 32.2. The minimum absolute atomic E-state index is 0.348. The van der Waals surface area contributed by atoms with Crippen molar-refractivity contribution in [1.82, 2.24) is 10.3 Å². The number of aryl methyl sites for hydroxylation is 1. The Bertz CT molecular complexity index is 356. The van der Waals surface area contributed by atoms with Crippen molar-refractivity contribution >= 4 is 11.8 Å². The first-order chi connectivity index (χ1) is 8.20. The van der Waals surface area contributed by atoms with Crippen LogP contribution in [0.5, 0.6) is 5.75 Å². The lowest BCUT2D eigenvalue weighted by Gasteiger charge is -2.13. The highest BCUT2D eigenvalue weighted by molar-refractivity contribution is 7.98. The van der Waals surface area contributed by atoms with Crippen LogP contribution in [0.15, 0.2) is 6.20 Å². The predicted molar refractivity (Wildman–Crippen MR) is 74.5 cm³/mol. The maximum atomic E-state index is 10.0. The molecule has 3 nitrogen and oxygen atoms in total. The Kier molecular flexibility index (Phi) is 6.37. The van der Waals surface area contributed by atoms with Gasteiger partial charge >= 0.3 is 0 Å². The zero-order chi connectivity index (χ0) is 12.7. The van der Waals surface area contributed by atoms with Gasteiger partial charge in [-0.15, -0.1) is 0 Å². The number of hydrogen-bond donors (Lipinski definition) is 2. The summed E-state index contributed by atoms with van der Waals surface area (Å²) in [6.45, 7) is 7.71. The van der Waals surface area contributed by atoms with E-state index in [0.717, 1.165) is 29.2 Å². The summed E-state index contributed by atoms with van der Waals surface area (Å²) in [5.41, 5.74) is 2.86. The molecular weight excluding hydrogens is 232 g/mol. The number of pyridine rings is 1. The molecule has 1 rings (SSSR count). The molecular formula is C13H22N2OS. The summed E-state index contributed by atoms with van der Waals surface area (Å²) in [5.74, 6) is 2.42. The first kappa shape index (κ1) is 14.3. The Morgan fingerprint density at radius 3 is 2.82 bits per heavy atom. The summed E-state index contributed by atoms with van der Waals surface area (Å²) in [4.78, 5) is 4.24. The van der Waals surface area contributed by atoms with Crippen LogP contribution >= 0.6 is 11.8 Å². The molecule has 0 spiro atoms. The van der Waals surface area contributed by atoms with Crippen molar-refractivity contribution < 1.29 is 5.11 Å². The molecule has 17 heavy (non-hydrogen) atoms. The van der Waals surface area contributed by atoms with E-state index in [0.29, 0.717) is 18.0 Å². The molecule has 4 heteroatoms. The van der Waals surface area contributed by atoms with E-state index in [9.17, 15) is 5.11 Å². The van der Waals surface area contributed by atoms with Gasteiger partial charge in [0, 0.05) is 24.1 Å². The van der Waals surface area contributed by atoms with E-state index in [1.807, 2.05) is 24.9 Å². The summed E-state index contributed by atoms with van der Waals surface area (Å²) in [6.07, 6.45) is 3.07. The van der Waals surface area contributed by atoms with E-state index in [1.165, 1.54) is 6.42 Å². The van der Waals surface area contributed by atoms with Gasteiger partial charge in [-0.05, 0) is 31.2 Å². The van der Waals surface area contributed by atoms with Crippen LogP contribution in [-0.2, 0) is 12.3 Å². The molecule has 0 amide bonds. The minimum atomic E-state index is 0.348. The van der Waals surface area contributed by atoms with Crippen molar-refractivity contribution in [2.75, 3.05) is 12.3 Å². The number of rotatable bonds is 7. The molecule has 0 aliphatic carbocycles. The third kappa shape index (κ3) is 4.21. The van der Waals surface area contributed by atoms with Crippen LogP contribution in [0, 0.1) is 6.92 Å². The SMILES string of the molecule is CCCSCc1cnc(C)c(O)c1CNCC. The molecule has 96 valence electrons. The molecule has 1 aromatic rings. The molecule has 0 radical (unpaired) electrons. The molecule has 2 N–H and O–H groups in total. The molecule has 1 aromatic heterocycles. The first-order valence-corrected chi connectivity index (χ1v) is 7.30. The Balaban J connectivity index is 2.82. The smallest absolute Gasteiger partial charge is 0.141 e. The van der Waals surface area contributed by atoms with Crippen LogP contribution in [0.25, 0.3) is 0 Å². The van der Waals surface area contributed by atoms with Crippen LogP contribution in [0.3, 0.4) is 0 Å². The lowest BCUT2D eigenvalue weighted by molar-refractivity contribution is 0.456. The maximum Gasteiger partial charge on any atom is 0.141 e. The molecule has 0 saturated heterocycles. The van der Waals surface area contributed by atoms with Crippen LogP contribution in [0.2, 0.25) is 0 Å². The highest BCUT2D eigenvalue weighted by Crippen LogP contribution is 2.26. The molecule has 0 saturated carbocycles. The second-order valence-electron chi connectivity index (χ2n) is 4.03. The first-order valence-electron chi connectivity index (χ1n) is 6.15. The lowest BCUT2D eigenvalue weighted by Crippen LogP contribution is -2.14. The molecule has 0 aliphatic heterocycles. The number of aromatic nitrogens is 1. The van der Waals surface area contributed by atoms with Gasteiger partial charge in [-0.2, -0.15) is 11.8 Å². The second-order valence-corrected chi connectivity index (χ2v) is 5.13. The van der Waals surface area contributed by atoms with Gasteiger partial charge in [-0.1, -0.05) is 13.8 Å². The minimum Gasteiger partial charge on any atom is -0.506 e. The van der Waals surface area contributed by atoms with Gasteiger partial charge < -0.3 is 10.4 Å². The topological polar surface area (TPSA) is 45.2 Å². The van der Waals surface area contributed by atoms with Gasteiger partial charge in [0.2, 0.25) is 0 Å². The van der Waals surface area contributed by atoms with Crippen molar-refractivity contribution in [3.8, 4) is 5.75 Å². The third-order valence-corrected chi connectivity index (χ3v) is 3.80. The average Bonchev–Trinajstić information content (AvgIpc) is 2.33. The number of nitrogens with zero attached hydrogens (tertiary/aromatic N) is 1. The Morgan fingerprint density at radius 2 is 2.18 bits per heavy atom. The van der Waals surface area contributed by atoms with Gasteiger partial charge in [0.25, 0.3) is 0 Å². The highest BCUT2D eigenvalue weighted by Gasteiger charge is 2.11. The summed E-state index contributed by atoms with van der Waals surface area (Å²) in [7, 11) is 0. The monoisotopic (exact) mass is 254 g/mol. The van der Waals surface area contributed by atoms with Crippen molar-refractivity contribution in [3.63, 3.8) is 0 Å². The van der Waals surface area contributed by atoms with Crippen LogP contribution in [0.4, 0.5) is 0 Å². The van der Waals surface area contributed by atoms with E-state index in [1.54, 1.807) is 0 Å². The fourth-order valence-electron chi connectivity index (χ4n) is 1.58. The van der Waals surface area contributed by atoms with Gasteiger partial charge in [0.05, 0.1) is 5.69 Å². The summed E-state index contributed by atoms with van der Waals surface area (Å²) >= 11 is 1.89. The maximum absolute atomic E-state index is 10.0. The summed E-state index contributed by atoms with van der Waals surface area (Å²) < 4.78 is 0. The van der Waals surface area contributed by atoms with E-state index in [2.05, 4.69) is 24.1 Å². The van der Waals surface area contributed by atoms with Crippen LogP contribution < -0.4 is 5.32 Å². The largest absolute Gasteiger partial charge is 0.506 e. The molecule has 0 fully saturated rings. The predicted octanol–water partition coefficient (Wildman–Crippen LogP) is 2.85.